The van der Waals surface area contributed by atoms with Crippen LogP contribution in [0.1, 0.15) is 11.1 Å². The zero-order chi connectivity index (χ0) is 13.9. The molecule has 19 heavy (non-hydrogen) atoms. The van der Waals surface area contributed by atoms with Crippen LogP contribution in [0.15, 0.2) is 61.2 Å². The van der Waals surface area contributed by atoms with E-state index in [1.807, 2.05) is 30.3 Å². The monoisotopic (exact) mass is 264 g/mol. The van der Waals surface area contributed by atoms with Crippen molar-refractivity contribution in [2.75, 3.05) is 0 Å². The second-order valence-corrected chi connectivity index (χ2v) is 3.92. The van der Waals surface area contributed by atoms with Gasteiger partial charge in [0.2, 0.25) is 0 Å². The van der Waals surface area contributed by atoms with Crippen LogP contribution < -0.4 is 4.74 Å². The molecular weight excluding hydrogens is 253 g/mol. The van der Waals surface area contributed by atoms with Gasteiger partial charge in [0.15, 0.2) is 0 Å². The van der Waals surface area contributed by atoms with Crippen LogP contribution in [0.3, 0.4) is 0 Å². The molecule has 2 aromatic carbocycles. The van der Waals surface area contributed by atoms with Crippen molar-refractivity contribution in [3.05, 3.63) is 72.3 Å². The van der Waals surface area contributed by atoms with Gasteiger partial charge in [-0.15, -0.1) is 13.2 Å². The summed E-state index contributed by atoms with van der Waals surface area (Å²) in [6.45, 7) is 3.94. The smallest absolute Gasteiger partial charge is 0.406 e. The molecule has 0 aliphatic heterocycles. The Morgan fingerprint density at radius 2 is 1.37 bits per heavy atom. The number of ether oxygens (including phenoxy) is 1. The molecule has 0 amide bonds. The van der Waals surface area contributed by atoms with Gasteiger partial charge in [0, 0.05) is 0 Å². The third-order valence-corrected chi connectivity index (χ3v) is 2.56. The van der Waals surface area contributed by atoms with Gasteiger partial charge in [-0.3, -0.25) is 0 Å². The minimum atomic E-state index is -4.67. The molecule has 0 unspecified atom stereocenters. The minimum Gasteiger partial charge on any atom is -0.406 e. The SMILES string of the molecule is C=C(c1ccccc1)c1ccc(OC(F)(F)F)cc1. The largest absolute Gasteiger partial charge is 0.573 e. The fourth-order valence-electron chi connectivity index (χ4n) is 1.66. The Hall–Kier alpha value is -2.23. The van der Waals surface area contributed by atoms with Crippen LogP contribution >= 0.6 is 0 Å². The van der Waals surface area contributed by atoms with E-state index in [2.05, 4.69) is 11.3 Å². The molecule has 2 rings (SSSR count). The van der Waals surface area contributed by atoms with E-state index >= 15 is 0 Å². The fourth-order valence-corrected chi connectivity index (χ4v) is 1.66. The molecule has 0 saturated heterocycles. The second kappa shape index (κ2) is 5.18. The lowest BCUT2D eigenvalue weighted by atomic mass is 10.00. The average Bonchev–Trinajstić information content (AvgIpc) is 2.38. The Bertz CT molecular complexity index is 556. The molecular formula is C15H11F3O. The summed E-state index contributed by atoms with van der Waals surface area (Å²) < 4.78 is 39.9. The summed E-state index contributed by atoms with van der Waals surface area (Å²) in [6.07, 6.45) is -4.67. The predicted octanol–water partition coefficient (Wildman–Crippen LogP) is 4.65. The van der Waals surface area contributed by atoms with Gasteiger partial charge in [0.1, 0.15) is 5.75 Å². The molecule has 0 aliphatic rings. The first-order valence-corrected chi connectivity index (χ1v) is 5.56. The van der Waals surface area contributed by atoms with E-state index in [9.17, 15) is 13.2 Å². The maximum absolute atomic E-state index is 12.0. The van der Waals surface area contributed by atoms with Gasteiger partial charge < -0.3 is 4.74 Å². The molecule has 0 atom stereocenters. The molecule has 0 bridgehead atoms. The first kappa shape index (κ1) is 13.2. The molecule has 2 aromatic rings. The van der Waals surface area contributed by atoms with E-state index in [0.29, 0.717) is 0 Å². The van der Waals surface area contributed by atoms with E-state index in [1.54, 1.807) is 12.1 Å². The Labute approximate surface area is 109 Å². The van der Waals surface area contributed by atoms with Crippen molar-refractivity contribution in [2.45, 2.75) is 6.36 Å². The standard InChI is InChI=1S/C15H11F3O/c1-11(12-5-3-2-4-6-12)13-7-9-14(10-8-13)19-15(16,17)18/h2-10H,1H2. The first-order chi connectivity index (χ1) is 8.96. The van der Waals surface area contributed by atoms with Crippen LogP contribution in [-0.4, -0.2) is 6.36 Å². The quantitative estimate of drug-likeness (QED) is 0.784. The Morgan fingerprint density at radius 3 is 1.89 bits per heavy atom. The third-order valence-electron chi connectivity index (χ3n) is 2.56. The molecule has 0 N–H and O–H groups in total. The number of alkyl halides is 3. The second-order valence-electron chi connectivity index (χ2n) is 3.92. The zero-order valence-electron chi connectivity index (χ0n) is 9.95. The van der Waals surface area contributed by atoms with Crippen LogP contribution in [0, 0.1) is 0 Å². The van der Waals surface area contributed by atoms with Crippen molar-refractivity contribution in [1.82, 2.24) is 0 Å². The number of rotatable bonds is 3. The highest BCUT2D eigenvalue weighted by molar-refractivity contribution is 5.78. The molecule has 98 valence electrons. The van der Waals surface area contributed by atoms with Crippen molar-refractivity contribution in [2.24, 2.45) is 0 Å². The van der Waals surface area contributed by atoms with Gasteiger partial charge in [-0.05, 0) is 28.8 Å². The minimum absolute atomic E-state index is 0.239. The molecule has 1 nitrogen and oxygen atoms in total. The van der Waals surface area contributed by atoms with E-state index in [1.165, 1.54) is 12.1 Å². The van der Waals surface area contributed by atoms with Crippen LogP contribution in [0.5, 0.6) is 5.75 Å². The van der Waals surface area contributed by atoms with Crippen LogP contribution in [0.25, 0.3) is 5.57 Å². The highest BCUT2D eigenvalue weighted by atomic mass is 19.4. The Balaban J connectivity index is 2.17. The van der Waals surface area contributed by atoms with E-state index < -0.39 is 6.36 Å². The average molecular weight is 264 g/mol. The lowest BCUT2D eigenvalue weighted by Gasteiger charge is -2.10. The van der Waals surface area contributed by atoms with E-state index in [-0.39, 0.29) is 5.75 Å². The maximum atomic E-state index is 12.0. The van der Waals surface area contributed by atoms with Gasteiger partial charge in [-0.25, -0.2) is 0 Å². The summed E-state index contributed by atoms with van der Waals surface area (Å²) in [4.78, 5) is 0. The fraction of sp³-hybridized carbons (Fsp3) is 0.0667. The summed E-state index contributed by atoms with van der Waals surface area (Å²) in [5.41, 5.74) is 2.42. The molecule has 0 heterocycles. The molecule has 0 saturated carbocycles. The zero-order valence-corrected chi connectivity index (χ0v) is 9.95. The van der Waals surface area contributed by atoms with Gasteiger partial charge in [-0.2, -0.15) is 0 Å². The molecule has 0 fully saturated rings. The van der Waals surface area contributed by atoms with Crippen LogP contribution in [0.2, 0.25) is 0 Å². The highest BCUT2D eigenvalue weighted by Crippen LogP contribution is 2.26. The van der Waals surface area contributed by atoms with Gasteiger partial charge in [-0.1, -0.05) is 49.0 Å². The van der Waals surface area contributed by atoms with Gasteiger partial charge in [0.05, 0.1) is 0 Å². The number of halogens is 3. The molecule has 0 aliphatic carbocycles. The van der Waals surface area contributed by atoms with Gasteiger partial charge in [0.25, 0.3) is 0 Å². The third kappa shape index (κ3) is 3.61. The van der Waals surface area contributed by atoms with Crippen LogP contribution in [0.4, 0.5) is 13.2 Å². The van der Waals surface area contributed by atoms with Crippen molar-refractivity contribution in [1.29, 1.82) is 0 Å². The Kier molecular flexibility index (Phi) is 3.60. The molecule has 4 heteroatoms. The maximum Gasteiger partial charge on any atom is 0.573 e. The highest BCUT2D eigenvalue weighted by Gasteiger charge is 2.30. The summed E-state index contributed by atoms with van der Waals surface area (Å²) in [7, 11) is 0. The predicted molar refractivity (Wildman–Crippen MR) is 67.7 cm³/mol. The van der Waals surface area contributed by atoms with Crippen LogP contribution in [-0.2, 0) is 0 Å². The molecule has 0 radical (unpaired) electrons. The Morgan fingerprint density at radius 1 is 0.842 bits per heavy atom. The summed E-state index contributed by atoms with van der Waals surface area (Å²) >= 11 is 0. The van der Waals surface area contributed by atoms with Gasteiger partial charge >= 0.3 is 6.36 Å². The topological polar surface area (TPSA) is 9.23 Å². The lowest BCUT2D eigenvalue weighted by Crippen LogP contribution is -2.16. The number of hydrogen-bond donors (Lipinski definition) is 0. The number of benzene rings is 2. The molecule has 0 spiro atoms. The van der Waals surface area contributed by atoms with Crippen molar-refractivity contribution >= 4 is 5.57 Å². The van der Waals surface area contributed by atoms with Crippen molar-refractivity contribution in [3.8, 4) is 5.75 Å². The molecule has 0 aromatic heterocycles. The van der Waals surface area contributed by atoms with Crippen molar-refractivity contribution < 1.29 is 17.9 Å². The van der Waals surface area contributed by atoms with E-state index in [0.717, 1.165) is 16.7 Å². The number of hydrogen-bond acceptors (Lipinski definition) is 1. The summed E-state index contributed by atoms with van der Waals surface area (Å²) in [6, 6.07) is 15.1. The lowest BCUT2D eigenvalue weighted by molar-refractivity contribution is -0.274. The normalized spacial score (nSPS) is 11.1. The first-order valence-electron chi connectivity index (χ1n) is 5.56. The van der Waals surface area contributed by atoms with E-state index in [4.69, 9.17) is 0 Å². The summed E-state index contributed by atoms with van der Waals surface area (Å²) in [5, 5.41) is 0. The van der Waals surface area contributed by atoms with Crippen molar-refractivity contribution in [3.63, 3.8) is 0 Å². The summed E-state index contributed by atoms with van der Waals surface area (Å²) in [5.74, 6) is -0.239.